The highest BCUT2D eigenvalue weighted by atomic mass is 127. The van der Waals surface area contributed by atoms with Gasteiger partial charge in [0.15, 0.2) is 0 Å². The first-order chi connectivity index (χ1) is 5.33. The maximum atomic E-state index is 2.53. The molecule has 4 rings (SSSR count). The van der Waals surface area contributed by atoms with Crippen LogP contribution in [0.3, 0.4) is 0 Å². The normalized spacial score (nSPS) is 60.3. The Kier molecular flexibility index (Phi) is 1.46. The summed E-state index contributed by atoms with van der Waals surface area (Å²) in [6.45, 7) is 5.85. The molecule has 62 valence electrons. The Morgan fingerprint density at radius 3 is 1.73 bits per heavy atom. The lowest BCUT2D eigenvalue weighted by Gasteiger charge is -2.58. The zero-order valence-corrected chi connectivity index (χ0v) is 8.44. The van der Waals surface area contributed by atoms with E-state index in [1.165, 1.54) is 33.3 Å². The summed E-state index contributed by atoms with van der Waals surface area (Å²) < 4.78 is 0.639. The van der Waals surface area contributed by atoms with Crippen molar-refractivity contribution in [1.29, 1.82) is 0 Å². The summed E-state index contributed by atoms with van der Waals surface area (Å²) in [7, 11) is 0. The third-order valence-electron chi connectivity index (χ3n) is 2.53. The fourth-order valence-corrected chi connectivity index (χ4v) is 2.87. The number of halogens is 1. The van der Waals surface area contributed by atoms with Crippen LogP contribution in [0.15, 0.2) is 0 Å². The van der Waals surface area contributed by atoms with Gasteiger partial charge in [-0.2, -0.15) is 0 Å². The summed E-state index contributed by atoms with van der Waals surface area (Å²) in [6.07, 6.45) is 0. The second-order valence-electron chi connectivity index (χ2n) is 3.54. The van der Waals surface area contributed by atoms with Gasteiger partial charge in [0, 0.05) is 0 Å². The third-order valence-corrected chi connectivity index (χ3v) is 4.10. The van der Waals surface area contributed by atoms with Crippen LogP contribution in [0.2, 0.25) is 0 Å². The van der Waals surface area contributed by atoms with Gasteiger partial charge in [-0.1, -0.05) is 0 Å². The predicted molar refractivity (Wildman–Crippen MR) is 49.5 cm³/mol. The molecule has 0 unspecified atom stereocenters. The third kappa shape index (κ3) is 0.951. The highest BCUT2D eigenvalue weighted by molar-refractivity contribution is 14.1. The van der Waals surface area contributed by atoms with Crippen LogP contribution in [-0.2, 0) is 0 Å². The van der Waals surface area contributed by atoms with E-state index in [4.69, 9.17) is 0 Å². The minimum absolute atomic E-state index is 0.639. The van der Waals surface area contributed by atoms with E-state index in [9.17, 15) is 0 Å². The molecule has 0 aliphatic carbocycles. The number of hydrogen-bond donors (Lipinski definition) is 0. The molecule has 4 heterocycles. The van der Waals surface area contributed by atoms with E-state index in [1.54, 1.807) is 0 Å². The van der Waals surface area contributed by atoms with Gasteiger partial charge >= 0.3 is 0 Å². The summed E-state index contributed by atoms with van der Waals surface area (Å²) in [5.41, 5.74) is 0. The molecular formula is C6H11IN4. The summed E-state index contributed by atoms with van der Waals surface area (Å²) in [4.78, 5) is 9.94. The standard InChI is InChI=1S/C6H11IN4/c7-6-10-2-8-1-9(4-10)5-11(6)3-8/h6H,1-5H2. The van der Waals surface area contributed by atoms with Crippen LogP contribution < -0.4 is 0 Å². The fourth-order valence-electron chi connectivity index (χ4n) is 2.17. The average molecular weight is 266 g/mol. The van der Waals surface area contributed by atoms with Crippen molar-refractivity contribution in [3.8, 4) is 0 Å². The lowest BCUT2D eigenvalue weighted by Crippen LogP contribution is -2.74. The minimum atomic E-state index is 0.639. The first-order valence-corrected chi connectivity index (χ1v) is 5.14. The lowest BCUT2D eigenvalue weighted by molar-refractivity contribution is -0.201. The maximum absolute atomic E-state index is 2.53. The summed E-state index contributed by atoms with van der Waals surface area (Å²) >= 11 is 2.53. The molecular weight excluding hydrogens is 255 g/mol. The summed E-state index contributed by atoms with van der Waals surface area (Å²) in [6, 6.07) is 0. The molecule has 0 aromatic rings. The molecule has 5 heteroatoms. The van der Waals surface area contributed by atoms with Crippen LogP contribution in [0.25, 0.3) is 0 Å². The van der Waals surface area contributed by atoms with Crippen LogP contribution >= 0.6 is 22.6 Å². The number of nitrogens with zero attached hydrogens (tertiary/aromatic N) is 4. The Labute approximate surface area is 79.8 Å². The molecule has 0 radical (unpaired) electrons. The second-order valence-corrected chi connectivity index (χ2v) is 4.65. The quantitative estimate of drug-likeness (QED) is 0.340. The molecule has 4 bridgehead atoms. The predicted octanol–water partition coefficient (Wildman–Crippen LogP) is -0.259. The molecule has 0 aromatic carbocycles. The molecule has 0 saturated carbocycles. The Balaban J connectivity index is 1.91. The monoisotopic (exact) mass is 266 g/mol. The van der Waals surface area contributed by atoms with Crippen molar-refractivity contribution < 1.29 is 0 Å². The van der Waals surface area contributed by atoms with Gasteiger partial charge in [-0.15, -0.1) is 0 Å². The summed E-state index contributed by atoms with van der Waals surface area (Å²) in [5, 5.41) is 0. The lowest BCUT2D eigenvalue weighted by atomic mass is 10.4. The highest BCUT2D eigenvalue weighted by Crippen LogP contribution is 2.29. The van der Waals surface area contributed by atoms with Crippen molar-refractivity contribution in [3.05, 3.63) is 0 Å². The molecule has 0 spiro atoms. The van der Waals surface area contributed by atoms with Crippen molar-refractivity contribution in [2.45, 2.75) is 4.17 Å². The van der Waals surface area contributed by atoms with Crippen LogP contribution in [0, 0.1) is 0 Å². The van der Waals surface area contributed by atoms with E-state index in [2.05, 4.69) is 42.2 Å². The Morgan fingerprint density at radius 1 is 0.818 bits per heavy atom. The molecule has 4 nitrogen and oxygen atoms in total. The molecule has 4 aliphatic heterocycles. The average Bonchev–Trinajstić information content (AvgIpc) is 1.98. The van der Waals surface area contributed by atoms with Gasteiger partial charge in [0.05, 0.1) is 33.3 Å². The molecule has 0 atom stereocenters. The Hall–Kier alpha value is 0.570. The van der Waals surface area contributed by atoms with E-state index in [1.807, 2.05) is 0 Å². The Bertz CT molecular complexity index is 157. The van der Waals surface area contributed by atoms with Crippen molar-refractivity contribution in [1.82, 2.24) is 19.6 Å². The minimum Gasteiger partial charge on any atom is -0.264 e. The first kappa shape index (κ1) is 7.02. The fraction of sp³-hybridized carbons (Fsp3) is 1.00. The van der Waals surface area contributed by atoms with E-state index in [0.717, 1.165) is 0 Å². The van der Waals surface area contributed by atoms with E-state index in [0.29, 0.717) is 4.17 Å². The van der Waals surface area contributed by atoms with Crippen LogP contribution in [0.1, 0.15) is 0 Å². The van der Waals surface area contributed by atoms with Gasteiger partial charge in [-0.05, 0) is 22.6 Å². The van der Waals surface area contributed by atoms with Gasteiger partial charge in [0.2, 0.25) is 0 Å². The smallest absolute Gasteiger partial charge is 0.120 e. The van der Waals surface area contributed by atoms with Gasteiger partial charge in [-0.25, -0.2) is 0 Å². The van der Waals surface area contributed by atoms with Gasteiger partial charge in [0.25, 0.3) is 0 Å². The summed E-state index contributed by atoms with van der Waals surface area (Å²) in [5.74, 6) is 0. The van der Waals surface area contributed by atoms with Crippen LogP contribution in [-0.4, -0.2) is 57.1 Å². The van der Waals surface area contributed by atoms with E-state index < -0.39 is 0 Å². The van der Waals surface area contributed by atoms with Crippen LogP contribution in [0.5, 0.6) is 0 Å². The molecule has 11 heavy (non-hydrogen) atoms. The number of alkyl halides is 1. The highest BCUT2D eigenvalue weighted by Gasteiger charge is 2.41. The number of hydrogen-bond acceptors (Lipinski definition) is 4. The molecule has 0 aromatic heterocycles. The number of rotatable bonds is 0. The largest absolute Gasteiger partial charge is 0.264 e. The molecule has 4 aliphatic rings. The van der Waals surface area contributed by atoms with E-state index in [-0.39, 0.29) is 0 Å². The molecule has 4 fully saturated rings. The first-order valence-electron chi connectivity index (χ1n) is 3.90. The van der Waals surface area contributed by atoms with Crippen LogP contribution in [0.4, 0.5) is 0 Å². The van der Waals surface area contributed by atoms with Gasteiger partial charge in [0.1, 0.15) is 4.17 Å². The second kappa shape index (κ2) is 2.29. The Morgan fingerprint density at radius 2 is 1.27 bits per heavy atom. The van der Waals surface area contributed by atoms with Gasteiger partial charge in [-0.3, -0.25) is 19.6 Å². The zero-order chi connectivity index (χ0) is 7.42. The van der Waals surface area contributed by atoms with Crippen molar-refractivity contribution in [2.75, 3.05) is 33.3 Å². The van der Waals surface area contributed by atoms with Crippen molar-refractivity contribution in [3.63, 3.8) is 0 Å². The van der Waals surface area contributed by atoms with Gasteiger partial charge < -0.3 is 0 Å². The zero-order valence-electron chi connectivity index (χ0n) is 6.28. The van der Waals surface area contributed by atoms with Crippen molar-refractivity contribution in [2.24, 2.45) is 0 Å². The molecule has 0 N–H and O–H groups in total. The maximum Gasteiger partial charge on any atom is 0.120 e. The van der Waals surface area contributed by atoms with E-state index >= 15 is 0 Å². The molecule has 4 saturated heterocycles. The SMILES string of the molecule is IC1N2CN3CN(C2)CN1C3. The van der Waals surface area contributed by atoms with Crippen molar-refractivity contribution >= 4 is 22.6 Å². The molecule has 0 amide bonds. The topological polar surface area (TPSA) is 13.0 Å².